The molecule has 5 nitrogen and oxygen atoms in total. The molecule has 0 aliphatic carbocycles. The summed E-state index contributed by atoms with van der Waals surface area (Å²) < 4.78 is 12.2. The molecule has 0 unspecified atom stereocenters. The highest BCUT2D eigenvalue weighted by molar-refractivity contribution is 5.49. The maximum atomic E-state index is 12.2. The van der Waals surface area contributed by atoms with Gasteiger partial charge in [0.15, 0.2) is 0 Å². The average molecular weight is 253 g/mol. The number of benzene rings is 1. The van der Waals surface area contributed by atoms with Crippen LogP contribution in [0.1, 0.15) is 6.42 Å². The summed E-state index contributed by atoms with van der Waals surface area (Å²) in [5, 5.41) is 13.8. The summed E-state index contributed by atoms with van der Waals surface area (Å²) in [7, 11) is 0. The van der Waals surface area contributed by atoms with Crippen molar-refractivity contribution in [3.8, 4) is 0 Å². The van der Waals surface area contributed by atoms with Gasteiger partial charge in [0, 0.05) is 43.5 Å². The lowest BCUT2D eigenvalue weighted by atomic mass is 10.2. The number of anilines is 1. The summed E-state index contributed by atoms with van der Waals surface area (Å²) >= 11 is 0. The summed E-state index contributed by atoms with van der Waals surface area (Å²) in [6, 6.07) is 6.66. The molecule has 1 saturated heterocycles. The first-order valence-corrected chi connectivity index (χ1v) is 5.98. The van der Waals surface area contributed by atoms with Gasteiger partial charge in [-0.3, -0.25) is 15.0 Å². The number of halogens is 1. The fourth-order valence-electron chi connectivity index (χ4n) is 2.19. The minimum absolute atomic E-state index is 0.0889. The molecule has 1 N–H and O–H groups in total. The molecule has 1 aromatic rings. The van der Waals surface area contributed by atoms with E-state index in [1.54, 1.807) is 12.1 Å². The van der Waals surface area contributed by atoms with E-state index in [0.717, 1.165) is 25.2 Å². The molecule has 1 aliphatic heterocycles. The third-order valence-corrected chi connectivity index (χ3v) is 3.12. The monoisotopic (exact) mass is 253 g/mol. The molecule has 0 amide bonds. The zero-order valence-electron chi connectivity index (χ0n) is 10.0. The Bertz CT molecular complexity index is 410. The van der Waals surface area contributed by atoms with E-state index in [-0.39, 0.29) is 18.4 Å². The van der Waals surface area contributed by atoms with E-state index in [9.17, 15) is 14.5 Å². The van der Waals surface area contributed by atoms with Crippen molar-refractivity contribution in [2.45, 2.75) is 12.5 Å². The molecule has 0 bridgehead atoms. The van der Waals surface area contributed by atoms with Crippen LogP contribution in [-0.2, 0) is 0 Å². The van der Waals surface area contributed by atoms with E-state index in [0.29, 0.717) is 6.54 Å². The van der Waals surface area contributed by atoms with Crippen LogP contribution < -0.4 is 5.32 Å². The molecule has 0 radical (unpaired) electrons. The van der Waals surface area contributed by atoms with Crippen molar-refractivity contribution in [2.75, 3.05) is 31.6 Å². The Morgan fingerprint density at radius 2 is 2.17 bits per heavy atom. The topological polar surface area (TPSA) is 58.4 Å². The number of likely N-dealkylation sites (tertiary alicyclic amines) is 1. The maximum Gasteiger partial charge on any atom is 0.269 e. The van der Waals surface area contributed by atoms with Crippen LogP contribution in [0.25, 0.3) is 0 Å². The number of nitrogens with zero attached hydrogens (tertiary/aromatic N) is 2. The van der Waals surface area contributed by atoms with Crippen LogP contribution in [0.15, 0.2) is 24.3 Å². The molecule has 1 fully saturated rings. The Balaban J connectivity index is 1.88. The molecule has 1 aromatic carbocycles. The summed E-state index contributed by atoms with van der Waals surface area (Å²) in [4.78, 5) is 12.2. The Kier molecular flexibility index (Phi) is 4.09. The summed E-state index contributed by atoms with van der Waals surface area (Å²) in [6.45, 7) is 1.89. The summed E-state index contributed by atoms with van der Waals surface area (Å²) in [6.07, 6.45) is 0.969. The number of nitro benzene ring substituents is 1. The number of nitro groups is 1. The van der Waals surface area contributed by atoms with Gasteiger partial charge < -0.3 is 5.32 Å². The average Bonchev–Trinajstić information content (AvgIpc) is 2.78. The zero-order chi connectivity index (χ0) is 13.0. The standard InChI is InChI=1S/C12H16FN3O2/c13-6-8-15-7-5-11(9-15)14-10-1-3-12(4-2-10)16(17)18/h1-4,11,14H,5-9H2/t11-/m0/s1. The summed E-state index contributed by atoms with van der Waals surface area (Å²) in [5.74, 6) is 0. The summed E-state index contributed by atoms with van der Waals surface area (Å²) in [5.41, 5.74) is 0.957. The molecular weight excluding hydrogens is 237 g/mol. The quantitative estimate of drug-likeness (QED) is 0.644. The van der Waals surface area contributed by atoms with Crippen molar-refractivity contribution < 1.29 is 9.31 Å². The van der Waals surface area contributed by atoms with Crippen LogP contribution in [0.2, 0.25) is 0 Å². The van der Waals surface area contributed by atoms with E-state index in [1.165, 1.54) is 12.1 Å². The first-order valence-electron chi connectivity index (χ1n) is 5.98. The molecule has 98 valence electrons. The third-order valence-electron chi connectivity index (χ3n) is 3.12. The minimum atomic E-state index is -0.414. The van der Waals surface area contributed by atoms with E-state index >= 15 is 0 Å². The first kappa shape index (κ1) is 12.8. The Labute approximate surface area is 105 Å². The fraction of sp³-hybridized carbons (Fsp3) is 0.500. The van der Waals surface area contributed by atoms with Crippen LogP contribution in [0, 0.1) is 10.1 Å². The smallest absolute Gasteiger partial charge is 0.269 e. The van der Waals surface area contributed by atoms with Crippen molar-refractivity contribution in [1.82, 2.24) is 4.90 Å². The second-order valence-electron chi connectivity index (χ2n) is 4.42. The van der Waals surface area contributed by atoms with Crippen molar-refractivity contribution in [3.63, 3.8) is 0 Å². The van der Waals surface area contributed by atoms with E-state index in [2.05, 4.69) is 10.2 Å². The zero-order valence-corrected chi connectivity index (χ0v) is 10.0. The van der Waals surface area contributed by atoms with Gasteiger partial charge in [-0.1, -0.05) is 0 Å². The Morgan fingerprint density at radius 3 is 2.78 bits per heavy atom. The number of nitrogens with one attached hydrogen (secondary N) is 1. The maximum absolute atomic E-state index is 12.2. The molecule has 1 heterocycles. The van der Waals surface area contributed by atoms with Crippen LogP contribution in [0.3, 0.4) is 0 Å². The highest BCUT2D eigenvalue weighted by atomic mass is 19.1. The molecule has 0 spiro atoms. The van der Waals surface area contributed by atoms with E-state index < -0.39 is 4.92 Å². The molecular formula is C12H16FN3O2. The highest BCUT2D eigenvalue weighted by Crippen LogP contribution is 2.19. The second-order valence-corrected chi connectivity index (χ2v) is 4.42. The Morgan fingerprint density at radius 1 is 1.44 bits per heavy atom. The number of alkyl halides is 1. The normalized spacial score (nSPS) is 19.9. The van der Waals surface area contributed by atoms with Gasteiger partial charge in [-0.15, -0.1) is 0 Å². The Hall–Kier alpha value is -1.69. The molecule has 2 rings (SSSR count). The van der Waals surface area contributed by atoms with Gasteiger partial charge in [-0.2, -0.15) is 0 Å². The van der Waals surface area contributed by atoms with Crippen molar-refractivity contribution in [3.05, 3.63) is 34.4 Å². The predicted molar refractivity (Wildman–Crippen MR) is 67.5 cm³/mol. The molecule has 0 saturated carbocycles. The van der Waals surface area contributed by atoms with Gasteiger partial charge in [0.05, 0.1) is 4.92 Å². The third kappa shape index (κ3) is 3.16. The largest absolute Gasteiger partial charge is 0.381 e. The number of hydrogen-bond donors (Lipinski definition) is 1. The lowest BCUT2D eigenvalue weighted by Gasteiger charge is -2.15. The molecule has 1 aliphatic rings. The van der Waals surface area contributed by atoms with Gasteiger partial charge in [0.25, 0.3) is 5.69 Å². The molecule has 6 heteroatoms. The van der Waals surface area contributed by atoms with Gasteiger partial charge in [0.2, 0.25) is 0 Å². The lowest BCUT2D eigenvalue weighted by Crippen LogP contribution is -2.27. The van der Waals surface area contributed by atoms with Crippen molar-refractivity contribution in [2.24, 2.45) is 0 Å². The van der Waals surface area contributed by atoms with Gasteiger partial charge in [0.1, 0.15) is 6.67 Å². The number of non-ortho nitro benzene ring substituents is 1. The van der Waals surface area contributed by atoms with Crippen LogP contribution >= 0.6 is 0 Å². The van der Waals surface area contributed by atoms with E-state index in [4.69, 9.17) is 0 Å². The minimum Gasteiger partial charge on any atom is -0.381 e. The first-order chi connectivity index (χ1) is 8.69. The van der Waals surface area contributed by atoms with Crippen LogP contribution in [0.5, 0.6) is 0 Å². The number of hydrogen-bond acceptors (Lipinski definition) is 4. The van der Waals surface area contributed by atoms with Gasteiger partial charge in [-0.25, -0.2) is 4.39 Å². The van der Waals surface area contributed by atoms with Crippen LogP contribution in [-0.4, -0.2) is 42.2 Å². The van der Waals surface area contributed by atoms with E-state index in [1.807, 2.05) is 0 Å². The van der Waals surface area contributed by atoms with Crippen molar-refractivity contribution >= 4 is 11.4 Å². The molecule has 1 atom stereocenters. The highest BCUT2D eigenvalue weighted by Gasteiger charge is 2.21. The van der Waals surface area contributed by atoms with Gasteiger partial charge >= 0.3 is 0 Å². The SMILES string of the molecule is O=[N+]([O-])c1ccc(N[C@H]2CCN(CCF)C2)cc1. The number of rotatable bonds is 5. The van der Waals surface area contributed by atoms with Crippen molar-refractivity contribution in [1.29, 1.82) is 0 Å². The van der Waals surface area contributed by atoms with Gasteiger partial charge in [-0.05, 0) is 18.6 Å². The molecule has 18 heavy (non-hydrogen) atoms. The predicted octanol–water partition coefficient (Wildman–Crippen LogP) is 2.05. The van der Waals surface area contributed by atoms with Crippen LogP contribution in [0.4, 0.5) is 15.8 Å². The lowest BCUT2D eigenvalue weighted by molar-refractivity contribution is -0.384. The fourth-order valence-corrected chi connectivity index (χ4v) is 2.19. The second kappa shape index (κ2) is 5.77. The molecule has 0 aromatic heterocycles.